The van der Waals surface area contributed by atoms with Crippen LogP contribution in [0.1, 0.15) is 40.2 Å². The molecule has 136 valence electrons. The molecule has 1 fully saturated rings. The van der Waals surface area contributed by atoms with Crippen molar-refractivity contribution in [1.82, 2.24) is 5.32 Å². The molecule has 0 radical (unpaired) electrons. The van der Waals surface area contributed by atoms with Crippen molar-refractivity contribution >= 4 is 12.1 Å². The lowest BCUT2D eigenvalue weighted by atomic mass is 9.87. The van der Waals surface area contributed by atoms with Crippen LogP contribution in [0.2, 0.25) is 0 Å². The zero-order valence-corrected chi connectivity index (χ0v) is 15.0. The van der Waals surface area contributed by atoms with Crippen molar-refractivity contribution in [3.8, 4) is 0 Å². The molecule has 1 saturated heterocycles. The van der Waals surface area contributed by atoms with Crippen LogP contribution in [0.25, 0.3) is 0 Å². The number of nitrogens with zero attached hydrogens (tertiary/aromatic N) is 1. The number of hydrogen-bond acceptors (Lipinski definition) is 3. The third-order valence-electron chi connectivity index (χ3n) is 4.95. The minimum Gasteiger partial charge on any atom is -0.396 e. The third-order valence-corrected chi connectivity index (χ3v) is 4.95. The number of aliphatic hydroxyl groups excluding tert-OH is 1. The van der Waals surface area contributed by atoms with Gasteiger partial charge in [0.2, 0.25) is 0 Å². The highest BCUT2D eigenvalue weighted by Crippen LogP contribution is 2.28. The van der Waals surface area contributed by atoms with Crippen molar-refractivity contribution in [2.45, 2.75) is 25.2 Å². The van der Waals surface area contributed by atoms with E-state index < -0.39 is 0 Å². The molecule has 1 atom stereocenters. The van der Waals surface area contributed by atoms with Crippen molar-refractivity contribution in [2.24, 2.45) is 10.9 Å². The molecule has 0 aromatic heterocycles. The Morgan fingerprint density at radius 3 is 2.54 bits per heavy atom. The average molecular weight is 350 g/mol. The Bertz CT molecular complexity index is 737. The van der Waals surface area contributed by atoms with Gasteiger partial charge in [-0.3, -0.25) is 4.79 Å². The van der Waals surface area contributed by atoms with Gasteiger partial charge >= 0.3 is 0 Å². The zero-order chi connectivity index (χ0) is 18.2. The van der Waals surface area contributed by atoms with Gasteiger partial charge in [0, 0.05) is 17.7 Å². The number of aliphatic imine (C=N–C) groups is 1. The van der Waals surface area contributed by atoms with E-state index in [1.807, 2.05) is 54.6 Å². The number of piperidine rings is 1. The molecular weight excluding hydrogens is 324 g/mol. The summed E-state index contributed by atoms with van der Waals surface area (Å²) in [6, 6.07) is 17.7. The first-order valence-electron chi connectivity index (χ1n) is 9.31. The van der Waals surface area contributed by atoms with Crippen LogP contribution in [0.15, 0.2) is 59.6 Å². The van der Waals surface area contributed by atoms with Crippen molar-refractivity contribution < 1.29 is 9.90 Å². The van der Waals surface area contributed by atoms with Crippen molar-refractivity contribution in [3.05, 3.63) is 71.3 Å². The first-order chi connectivity index (χ1) is 12.8. The number of carbonyl (C=O) groups is 1. The first-order valence-corrected chi connectivity index (χ1v) is 9.31. The molecular formula is C22H26N2O2. The lowest BCUT2D eigenvalue weighted by Crippen LogP contribution is -2.27. The Morgan fingerprint density at radius 1 is 1.12 bits per heavy atom. The predicted octanol–water partition coefficient (Wildman–Crippen LogP) is 3.22. The van der Waals surface area contributed by atoms with E-state index in [1.54, 1.807) is 6.21 Å². The summed E-state index contributed by atoms with van der Waals surface area (Å²) in [4.78, 5) is 16.9. The number of carbonyl (C=O) groups excluding carboxylic acids is 1. The number of amides is 1. The summed E-state index contributed by atoms with van der Waals surface area (Å²) in [6.45, 7) is 1.95. The van der Waals surface area contributed by atoms with Crippen LogP contribution >= 0.6 is 0 Å². The van der Waals surface area contributed by atoms with E-state index in [0.717, 1.165) is 37.1 Å². The van der Waals surface area contributed by atoms with Crippen LogP contribution in [0.3, 0.4) is 0 Å². The standard InChI is InChI=1S/C22H26N2O2/c25-16-18(14-17-6-2-1-3-7-17)15-24-22(26)21-9-5-4-8-20(21)19-10-12-23-13-11-19/h1-9,15,18-19,23,25H,10-14,16H2. The van der Waals surface area contributed by atoms with E-state index in [4.69, 9.17) is 0 Å². The Balaban J connectivity index is 1.71. The summed E-state index contributed by atoms with van der Waals surface area (Å²) in [5, 5.41) is 13.0. The largest absolute Gasteiger partial charge is 0.396 e. The monoisotopic (exact) mass is 350 g/mol. The van der Waals surface area contributed by atoms with Gasteiger partial charge in [-0.25, -0.2) is 4.99 Å². The molecule has 3 rings (SSSR count). The Morgan fingerprint density at radius 2 is 1.81 bits per heavy atom. The molecule has 0 saturated carbocycles. The maximum atomic E-state index is 12.7. The molecule has 26 heavy (non-hydrogen) atoms. The van der Waals surface area contributed by atoms with E-state index in [2.05, 4.69) is 10.3 Å². The first kappa shape index (κ1) is 18.5. The molecule has 0 bridgehead atoms. The van der Waals surface area contributed by atoms with Crippen LogP contribution in [-0.2, 0) is 6.42 Å². The van der Waals surface area contributed by atoms with Crippen LogP contribution in [0, 0.1) is 5.92 Å². The van der Waals surface area contributed by atoms with Gasteiger partial charge in [-0.1, -0.05) is 48.5 Å². The van der Waals surface area contributed by atoms with Gasteiger partial charge in [-0.2, -0.15) is 0 Å². The topological polar surface area (TPSA) is 61.7 Å². The molecule has 0 aliphatic carbocycles. The van der Waals surface area contributed by atoms with E-state index in [9.17, 15) is 9.90 Å². The lowest BCUT2D eigenvalue weighted by molar-refractivity contribution is 0.100. The van der Waals surface area contributed by atoms with E-state index in [0.29, 0.717) is 17.9 Å². The van der Waals surface area contributed by atoms with E-state index in [-0.39, 0.29) is 18.4 Å². The van der Waals surface area contributed by atoms with Crippen LogP contribution < -0.4 is 5.32 Å². The number of nitrogens with one attached hydrogen (secondary N) is 1. The lowest BCUT2D eigenvalue weighted by Gasteiger charge is -2.24. The molecule has 2 N–H and O–H groups in total. The molecule has 2 aromatic carbocycles. The van der Waals surface area contributed by atoms with Crippen molar-refractivity contribution in [1.29, 1.82) is 0 Å². The number of benzene rings is 2. The highest BCUT2D eigenvalue weighted by Gasteiger charge is 2.20. The molecule has 1 aliphatic rings. The molecule has 2 aromatic rings. The maximum Gasteiger partial charge on any atom is 0.276 e. The fraction of sp³-hybridized carbons (Fsp3) is 0.364. The van der Waals surface area contributed by atoms with Gasteiger partial charge in [-0.15, -0.1) is 0 Å². The highest BCUT2D eigenvalue weighted by molar-refractivity contribution is 6.00. The Labute approximate surface area is 155 Å². The zero-order valence-electron chi connectivity index (χ0n) is 15.0. The third kappa shape index (κ3) is 4.87. The van der Waals surface area contributed by atoms with E-state index >= 15 is 0 Å². The number of hydrogen-bond donors (Lipinski definition) is 2. The van der Waals surface area contributed by atoms with Crippen LogP contribution in [0.4, 0.5) is 0 Å². The normalized spacial score (nSPS) is 16.7. The minimum atomic E-state index is -0.217. The van der Waals surface area contributed by atoms with Gasteiger partial charge in [-0.05, 0) is 55.5 Å². The summed E-state index contributed by atoms with van der Waals surface area (Å²) in [6.07, 6.45) is 4.36. The predicted molar refractivity (Wildman–Crippen MR) is 105 cm³/mol. The molecule has 1 amide bonds. The summed E-state index contributed by atoms with van der Waals surface area (Å²) < 4.78 is 0. The van der Waals surface area contributed by atoms with Crippen LogP contribution in [-0.4, -0.2) is 36.9 Å². The Kier molecular flexibility index (Phi) is 6.69. The summed E-state index contributed by atoms with van der Waals surface area (Å²) in [5.41, 5.74) is 2.91. The van der Waals surface area contributed by atoms with Crippen molar-refractivity contribution in [2.75, 3.05) is 19.7 Å². The molecule has 0 spiro atoms. The van der Waals surface area contributed by atoms with Crippen LogP contribution in [0.5, 0.6) is 0 Å². The fourth-order valence-corrected chi connectivity index (χ4v) is 3.50. The van der Waals surface area contributed by atoms with Gasteiger partial charge in [0.05, 0.1) is 6.61 Å². The molecule has 4 heteroatoms. The van der Waals surface area contributed by atoms with Gasteiger partial charge in [0.1, 0.15) is 0 Å². The molecule has 4 nitrogen and oxygen atoms in total. The van der Waals surface area contributed by atoms with Gasteiger partial charge in [0.25, 0.3) is 5.91 Å². The summed E-state index contributed by atoms with van der Waals surface area (Å²) in [5.74, 6) is 0.0302. The quantitative estimate of drug-likeness (QED) is 0.787. The van der Waals surface area contributed by atoms with Gasteiger partial charge < -0.3 is 10.4 Å². The summed E-state index contributed by atoms with van der Waals surface area (Å²) in [7, 11) is 0. The number of rotatable bonds is 6. The fourth-order valence-electron chi connectivity index (χ4n) is 3.50. The Hall–Kier alpha value is -2.30. The second-order valence-corrected chi connectivity index (χ2v) is 6.83. The summed E-state index contributed by atoms with van der Waals surface area (Å²) >= 11 is 0. The molecule has 1 unspecified atom stereocenters. The second kappa shape index (κ2) is 9.41. The molecule has 1 heterocycles. The van der Waals surface area contributed by atoms with Gasteiger partial charge in [0.15, 0.2) is 0 Å². The van der Waals surface area contributed by atoms with E-state index in [1.165, 1.54) is 0 Å². The maximum absolute atomic E-state index is 12.7. The highest BCUT2D eigenvalue weighted by atomic mass is 16.3. The average Bonchev–Trinajstić information content (AvgIpc) is 2.72. The minimum absolute atomic E-state index is 0.0262. The smallest absolute Gasteiger partial charge is 0.276 e. The molecule has 1 aliphatic heterocycles. The second-order valence-electron chi connectivity index (χ2n) is 6.83. The SMILES string of the molecule is O=C(N=CC(CO)Cc1ccccc1)c1ccccc1C1CCNCC1. The van der Waals surface area contributed by atoms with Crippen molar-refractivity contribution in [3.63, 3.8) is 0 Å². The number of aliphatic hydroxyl groups is 1.